The Morgan fingerprint density at radius 2 is 2.00 bits per heavy atom. The molecule has 2 N–H and O–H groups in total. The molecule has 3 aromatic rings. The highest BCUT2D eigenvalue weighted by Crippen LogP contribution is 2.27. The van der Waals surface area contributed by atoms with E-state index >= 15 is 0 Å². The number of halogens is 1. The van der Waals surface area contributed by atoms with E-state index in [0.29, 0.717) is 22.8 Å². The van der Waals surface area contributed by atoms with Crippen molar-refractivity contribution in [1.29, 1.82) is 0 Å². The Balaban J connectivity index is 2.07. The van der Waals surface area contributed by atoms with E-state index in [9.17, 15) is 4.39 Å². The lowest BCUT2D eigenvalue weighted by molar-refractivity contribution is 0.412. The van der Waals surface area contributed by atoms with Gasteiger partial charge in [0.25, 0.3) is 0 Å². The summed E-state index contributed by atoms with van der Waals surface area (Å²) in [6, 6.07) is 10.3. The lowest BCUT2D eigenvalue weighted by Crippen LogP contribution is -1.98. The average Bonchev–Trinajstić information content (AvgIpc) is 2.90. The zero-order valence-corrected chi connectivity index (χ0v) is 11.3. The Labute approximate surface area is 120 Å². The Morgan fingerprint density at radius 1 is 1.19 bits per heavy atom. The Hall–Kier alpha value is -2.89. The van der Waals surface area contributed by atoms with Crippen molar-refractivity contribution in [2.24, 2.45) is 0 Å². The van der Waals surface area contributed by atoms with Crippen molar-refractivity contribution in [2.75, 3.05) is 12.8 Å². The molecule has 0 aliphatic heterocycles. The summed E-state index contributed by atoms with van der Waals surface area (Å²) in [5, 5.41) is 4.42. The van der Waals surface area contributed by atoms with Crippen LogP contribution >= 0.6 is 0 Å². The van der Waals surface area contributed by atoms with Gasteiger partial charge >= 0.3 is 0 Å². The van der Waals surface area contributed by atoms with Gasteiger partial charge in [0.15, 0.2) is 0 Å². The van der Waals surface area contributed by atoms with Crippen molar-refractivity contribution in [2.45, 2.75) is 0 Å². The minimum atomic E-state index is -0.401. The zero-order valence-electron chi connectivity index (χ0n) is 11.3. The Kier molecular flexibility index (Phi) is 3.27. The van der Waals surface area contributed by atoms with Crippen LogP contribution in [0.25, 0.3) is 17.1 Å². The van der Waals surface area contributed by atoms with E-state index in [4.69, 9.17) is 10.5 Å². The van der Waals surface area contributed by atoms with E-state index in [0.717, 1.165) is 11.9 Å². The molecule has 0 bridgehead atoms. The van der Waals surface area contributed by atoms with Gasteiger partial charge in [-0.2, -0.15) is 5.10 Å². The van der Waals surface area contributed by atoms with Crippen molar-refractivity contribution in [3.63, 3.8) is 0 Å². The first-order valence-corrected chi connectivity index (χ1v) is 6.29. The van der Waals surface area contributed by atoms with E-state index in [2.05, 4.69) is 10.1 Å². The molecule has 0 amide bonds. The highest BCUT2D eigenvalue weighted by atomic mass is 19.1. The van der Waals surface area contributed by atoms with Crippen molar-refractivity contribution in [1.82, 2.24) is 14.8 Å². The lowest BCUT2D eigenvalue weighted by atomic mass is 10.2. The first kappa shape index (κ1) is 13.1. The molecule has 106 valence electrons. The molecule has 21 heavy (non-hydrogen) atoms. The molecule has 0 atom stereocenters. The number of ether oxygens (including phenoxy) is 1. The van der Waals surface area contributed by atoms with E-state index < -0.39 is 5.82 Å². The number of rotatable bonds is 3. The molecular formula is C15H13FN4O. The molecule has 5 nitrogen and oxygen atoms in total. The van der Waals surface area contributed by atoms with Gasteiger partial charge in [-0.05, 0) is 24.3 Å². The first-order valence-electron chi connectivity index (χ1n) is 6.29. The maximum atomic E-state index is 12.9. The number of hydrogen-bond donors (Lipinski definition) is 1. The molecule has 3 rings (SSSR count). The second kappa shape index (κ2) is 5.24. The van der Waals surface area contributed by atoms with E-state index in [-0.39, 0.29) is 0 Å². The van der Waals surface area contributed by atoms with Crippen LogP contribution in [0.2, 0.25) is 0 Å². The third-order valence-corrected chi connectivity index (χ3v) is 3.04. The molecule has 0 fully saturated rings. The van der Waals surface area contributed by atoms with Crippen LogP contribution in [0.5, 0.6) is 5.75 Å². The number of pyridine rings is 1. The van der Waals surface area contributed by atoms with Crippen molar-refractivity contribution >= 4 is 5.69 Å². The number of benzene rings is 1. The predicted octanol–water partition coefficient (Wildman–Crippen LogP) is 2.66. The molecule has 0 unspecified atom stereocenters. The molecule has 0 saturated heterocycles. The zero-order chi connectivity index (χ0) is 14.8. The van der Waals surface area contributed by atoms with Crippen LogP contribution in [-0.2, 0) is 0 Å². The van der Waals surface area contributed by atoms with Gasteiger partial charge in [-0.15, -0.1) is 0 Å². The number of nitrogens with zero attached hydrogens (tertiary/aromatic N) is 3. The quantitative estimate of drug-likeness (QED) is 0.803. The fourth-order valence-electron chi connectivity index (χ4n) is 2.04. The Bertz CT molecular complexity index is 768. The van der Waals surface area contributed by atoms with Crippen LogP contribution in [0.1, 0.15) is 0 Å². The van der Waals surface area contributed by atoms with Gasteiger partial charge in [0.2, 0.25) is 0 Å². The summed E-state index contributed by atoms with van der Waals surface area (Å²) in [6.45, 7) is 0. The maximum absolute atomic E-state index is 12.9. The summed E-state index contributed by atoms with van der Waals surface area (Å²) >= 11 is 0. The third kappa shape index (κ3) is 2.43. The monoisotopic (exact) mass is 284 g/mol. The second-order valence-electron chi connectivity index (χ2n) is 4.41. The minimum absolute atomic E-state index is 0.401. The summed E-state index contributed by atoms with van der Waals surface area (Å²) in [6.07, 6.45) is 2.81. The van der Waals surface area contributed by atoms with Crippen LogP contribution in [0, 0.1) is 5.82 Å². The smallest absolute Gasteiger partial charge is 0.144 e. The molecular weight excluding hydrogens is 271 g/mol. The standard InChI is InChI=1S/C15H13FN4O/c1-21-14-5-3-2-4-13(14)20-9-11(17)15(19-20)12-7-6-10(16)8-18-12/h2-9H,17H2,1H3. The number of nitrogens with two attached hydrogens (primary N) is 1. The summed E-state index contributed by atoms with van der Waals surface area (Å²) in [4.78, 5) is 4.00. The van der Waals surface area contributed by atoms with E-state index in [1.54, 1.807) is 24.1 Å². The number of aromatic nitrogens is 3. The van der Waals surface area contributed by atoms with Gasteiger partial charge in [0.05, 0.1) is 30.9 Å². The highest BCUT2D eigenvalue weighted by molar-refractivity contribution is 5.69. The molecule has 2 heterocycles. The summed E-state index contributed by atoms with van der Waals surface area (Å²) in [7, 11) is 1.59. The number of para-hydroxylation sites is 2. The number of methoxy groups -OCH3 is 1. The maximum Gasteiger partial charge on any atom is 0.144 e. The van der Waals surface area contributed by atoms with E-state index in [1.807, 2.05) is 24.3 Å². The molecule has 0 spiro atoms. The van der Waals surface area contributed by atoms with Crippen LogP contribution < -0.4 is 10.5 Å². The van der Waals surface area contributed by atoms with Crippen molar-refractivity contribution < 1.29 is 9.13 Å². The van der Waals surface area contributed by atoms with Gasteiger partial charge in [0.1, 0.15) is 22.9 Å². The lowest BCUT2D eigenvalue weighted by Gasteiger charge is -2.07. The van der Waals surface area contributed by atoms with Crippen LogP contribution in [0.4, 0.5) is 10.1 Å². The third-order valence-electron chi connectivity index (χ3n) is 3.04. The molecule has 0 aliphatic carbocycles. The molecule has 6 heteroatoms. The molecule has 0 radical (unpaired) electrons. The molecule has 1 aromatic carbocycles. The van der Waals surface area contributed by atoms with Crippen molar-refractivity contribution in [3.8, 4) is 22.8 Å². The summed E-state index contributed by atoms with van der Waals surface area (Å²) in [5.74, 6) is 0.278. The number of nitrogen functional groups attached to an aromatic ring is 1. The molecule has 0 saturated carbocycles. The van der Waals surface area contributed by atoms with Crippen LogP contribution in [0.3, 0.4) is 0 Å². The Morgan fingerprint density at radius 3 is 2.71 bits per heavy atom. The summed E-state index contributed by atoms with van der Waals surface area (Å²) in [5.41, 5.74) is 8.22. The fourth-order valence-corrected chi connectivity index (χ4v) is 2.04. The van der Waals surface area contributed by atoms with Crippen LogP contribution in [-0.4, -0.2) is 21.9 Å². The SMILES string of the molecule is COc1ccccc1-n1cc(N)c(-c2ccc(F)cn2)n1. The highest BCUT2D eigenvalue weighted by Gasteiger charge is 2.13. The fraction of sp³-hybridized carbons (Fsp3) is 0.0667. The van der Waals surface area contributed by atoms with E-state index in [1.165, 1.54) is 6.07 Å². The first-order chi connectivity index (χ1) is 10.2. The van der Waals surface area contributed by atoms with Crippen molar-refractivity contribution in [3.05, 3.63) is 54.6 Å². The van der Waals surface area contributed by atoms with Gasteiger partial charge in [-0.1, -0.05) is 12.1 Å². The number of anilines is 1. The van der Waals surface area contributed by atoms with Gasteiger partial charge in [0, 0.05) is 0 Å². The van der Waals surface area contributed by atoms with Gasteiger partial charge < -0.3 is 10.5 Å². The summed E-state index contributed by atoms with van der Waals surface area (Å²) < 4.78 is 19.9. The largest absolute Gasteiger partial charge is 0.494 e. The van der Waals surface area contributed by atoms with Crippen LogP contribution in [0.15, 0.2) is 48.8 Å². The predicted molar refractivity (Wildman–Crippen MR) is 77.7 cm³/mol. The normalized spacial score (nSPS) is 10.6. The van der Waals surface area contributed by atoms with Gasteiger partial charge in [-0.3, -0.25) is 4.98 Å². The topological polar surface area (TPSA) is 66.0 Å². The average molecular weight is 284 g/mol. The molecule has 2 aromatic heterocycles. The minimum Gasteiger partial charge on any atom is -0.494 e. The van der Waals surface area contributed by atoms with Gasteiger partial charge in [-0.25, -0.2) is 9.07 Å². The number of hydrogen-bond acceptors (Lipinski definition) is 4. The second-order valence-corrected chi connectivity index (χ2v) is 4.41. The molecule has 0 aliphatic rings.